The second-order valence-electron chi connectivity index (χ2n) is 5.66. The highest BCUT2D eigenvalue weighted by Crippen LogP contribution is 2.38. The van der Waals surface area contributed by atoms with Gasteiger partial charge >= 0.3 is 0 Å². The highest BCUT2D eigenvalue weighted by molar-refractivity contribution is 6.30. The first-order valence-corrected chi connectivity index (χ1v) is 7.34. The molecule has 1 aromatic carbocycles. The van der Waals surface area contributed by atoms with E-state index in [0.29, 0.717) is 23.9 Å². The number of hydrogen-bond acceptors (Lipinski definition) is 3. The van der Waals surface area contributed by atoms with Gasteiger partial charge in [-0.1, -0.05) is 23.7 Å². The molecule has 1 aliphatic carbocycles. The molecule has 1 unspecified atom stereocenters. The predicted octanol–water partition coefficient (Wildman–Crippen LogP) is 2.38. The van der Waals surface area contributed by atoms with Gasteiger partial charge in [-0.2, -0.15) is 0 Å². The van der Waals surface area contributed by atoms with Crippen molar-refractivity contribution in [3.05, 3.63) is 34.6 Å². The van der Waals surface area contributed by atoms with Crippen molar-refractivity contribution in [1.29, 1.82) is 0 Å². The van der Waals surface area contributed by atoms with Gasteiger partial charge in [0, 0.05) is 25.2 Å². The van der Waals surface area contributed by atoms with E-state index < -0.39 is 0 Å². The van der Waals surface area contributed by atoms with Gasteiger partial charge in [0.15, 0.2) is 0 Å². The molecule has 1 heterocycles. The monoisotopic (exact) mass is 315 g/mol. The average Bonchev–Trinajstić information content (AvgIpc) is 2.92. The summed E-state index contributed by atoms with van der Waals surface area (Å²) in [5, 5.41) is 16.7. The lowest BCUT2D eigenvalue weighted by molar-refractivity contribution is -0.122. The van der Waals surface area contributed by atoms with Crippen molar-refractivity contribution >= 4 is 18.1 Å². The van der Waals surface area contributed by atoms with Crippen LogP contribution in [0.4, 0.5) is 4.39 Å². The molecule has 2 aliphatic rings. The number of hydrogen-bond donors (Lipinski definition) is 2. The number of carboxylic acid groups (broad SMARTS) is 1. The fourth-order valence-electron chi connectivity index (χ4n) is 3.41. The van der Waals surface area contributed by atoms with E-state index in [2.05, 4.69) is 4.90 Å². The van der Waals surface area contributed by atoms with E-state index in [-0.39, 0.29) is 23.4 Å². The van der Waals surface area contributed by atoms with Crippen LogP contribution >= 0.6 is 11.6 Å². The van der Waals surface area contributed by atoms with E-state index in [9.17, 15) is 9.50 Å². The third-order valence-electron chi connectivity index (χ3n) is 4.23. The standard InChI is InChI=1S/C14H17ClFNO.CH2O2/c15-13-3-1-2-9(14(13)16)6-17-7-10-4-12(18)5-11(10)8-17;2-1-3/h1-3,10-12,18H,4-8H2;1H,(H,2,3)/t10-,11+,12?;. The molecule has 3 atom stereocenters. The zero-order valence-electron chi connectivity index (χ0n) is 11.6. The number of fused-ring (bicyclic) bond motifs is 1. The van der Waals surface area contributed by atoms with Gasteiger partial charge in [-0.05, 0) is 30.7 Å². The van der Waals surface area contributed by atoms with Crippen molar-refractivity contribution < 1.29 is 19.4 Å². The fraction of sp³-hybridized carbons (Fsp3) is 0.533. The highest BCUT2D eigenvalue weighted by Gasteiger charge is 2.40. The maximum Gasteiger partial charge on any atom is 0.290 e. The molecule has 0 amide bonds. The van der Waals surface area contributed by atoms with Gasteiger partial charge in [-0.25, -0.2) is 4.39 Å². The first kappa shape index (κ1) is 16.2. The van der Waals surface area contributed by atoms with E-state index in [1.807, 2.05) is 0 Å². The molecular weight excluding hydrogens is 297 g/mol. The van der Waals surface area contributed by atoms with Crippen molar-refractivity contribution in [2.24, 2.45) is 11.8 Å². The fourth-order valence-corrected chi connectivity index (χ4v) is 3.60. The maximum absolute atomic E-state index is 13.8. The summed E-state index contributed by atoms with van der Waals surface area (Å²) in [6, 6.07) is 5.17. The van der Waals surface area contributed by atoms with Crippen molar-refractivity contribution in [2.75, 3.05) is 13.1 Å². The summed E-state index contributed by atoms with van der Waals surface area (Å²) in [5.74, 6) is 0.876. The van der Waals surface area contributed by atoms with Gasteiger partial charge in [0.25, 0.3) is 6.47 Å². The Morgan fingerprint density at radius 2 is 1.90 bits per heavy atom. The van der Waals surface area contributed by atoms with Crippen LogP contribution < -0.4 is 0 Å². The first-order valence-electron chi connectivity index (χ1n) is 6.96. The molecule has 0 spiro atoms. The highest BCUT2D eigenvalue weighted by atomic mass is 35.5. The van der Waals surface area contributed by atoms with Crippen LogP contribution in [0.1, 0.15) is 18.4 Å². The Balaban J connectivity index is 0.000000497. The van der Waals surface area contributed by atoms with E-state index in [0.717, 1.165) is 25.9 Å². The molecule has 116 valence electrons. The summed E-state index contributed by atoms with van der Waals surface area (Å²) < 4.78 is 13.8. The SMILES string of the molecule is O=CO.OC1C[C@@H]2CN(Cc3cccc(Cl)c3F)C[C@@H]2C1. The van der Waals surface area contributed by atoms with Crippen molar-refractivity contribution in [1.82, 2.24) is 4.90 Å². The van der Waals surface area contributed by atoms with E-state index in [4.69, 9.17) is 21.5 Å². The molecule has 2 N–H and O–H groups in total. The average molecular weight is 316 g/mol. The largest absolute Gasteiger partial charge is 0.483 e. The lowest BCUT2D eigenvalue weighted by Gasteiger charge is -2.18. The third kappa shape index (κ3) is 3.93. The predicted molar refractivity (Wildman–Crippen MR) is 77.6 cm³/mol. The molecule has 1 aliphatic heterocycles. The number of benzene rings is 1. The summed E-state index contributed by atoms with van der Waals surface area (Å²) in [4.78, 5) is 10.6. The van der Waals surface area contributed by atoms with Crippen LogP contribution in [0, 0.1) is 17.7 Å². The summed E-state index contributed by atoms with van der Waals surface area (Å²) in [5.41, 5.74) is 0.669. The van der Waals surface area contributed by atoms with Gasteiger partial charge < -0.3 is 10.2 Å². The lowest BCUT2D eigenvalue weighted by Crippen LogP contribution is -2.23. The van der Waals surface area contributed by atoms with E-state index in [1.165, 1.54) is 0 Å². The second-order valence-corrected chi connectivity index (χ2v) is 6.07. The Morgan fingerprint density at radius 1 is 1.33 bits per heavy atom. The number of likely N-dealkylation sites (tertiary alicyclic amines) is 1. The Labute approximate surface area is 128 Å². The van der Waals surface area contributed by atoms with Gasteiger partial charge in [-0.3, -0.25) is 9.69 Å². The summed E-state index contributed by atoms with van der Waals surface area (Å²) in [6.07, 6.45) is 1.68. The maximum atomic E-state index is 13.8. The topological polar surface area (TPSA) is 60.8 Å². The minimum Gasteiger partial charge on any atom is -0.483 e. The summed E-state index contributed by atoms with van der Waals surface area (Å²) in [6.45, 7) is 2.30. The Bertz CT molecular complexity index is 486. The molecule has 2 fully saturated rings. The lowest BCUT2D eigenvalue weighted by atomic mass is 10.0. The van der Waals surface area contributed by atoms with Crippen LogP contribution in [0.2, 0.25) is 5.02 Å². The number of aliphatic hydroxyl groups excluding tert-OH is 1. The smallest absolute Gasteiger partial charge is 0.290 e. The molecule has 6 heteroatoms. The van der Waals surface area contributed by atoms with Gasteiger partial charge in [0.05, 0.1) is 11.1 Å². The Kier molecular flexibility index (Phi) is 5.56. The van der Waals surface area contributed by atoms with Crippen LogP contribution in [-0.2, 0) is 11.3 Å². The molecule has 0 bridgehead atoms. The van der Waals surface area contributed by atoms with Gasteiger partial charge in [-0.15, -0.1) is 0 Å². The number of aliphatic hydroxyl groups is 1. The van der Waals surface area contributed by atoms with Crippen LogP contribution in [0.5, 0.6) is 0 Å². The van der Waals surface area contributed by atoms with E-state index in [1.54, 1.807) is 18.2 Å². The van der Waals surface area contributed by atoms with Crippen LogP contribution in [0.3, 0.4) is 0 Å². The normalized spacial score (nSPS) is 27.9. The Morgan fingerprint density at radius 3 is 2.48 bits per heavy atom. The summed E-state index contributed by atoms with van der Waals surface area (Å²) in [7, 11) is 0. The van der Waals surface area contributed by atoms with E-state index >= 15 is 0 Å². The third-order valence-corrected chi connectivity index (χ3v) is 4.52. The van der Waals surface area contributed by atoms with Gasteiger partial charge in [0.1, 0.15) is 5.82 Å². The molecule has 1 saturated heterocycles. The van der Waals surface area contributed by atoms with Crippen LogP contribution in [-0.4, -0.2) is 40.8 Å². The molecular formula is C15H19ClFNO3. The van der Waals surface area contributed by atoms with Crippen molar-refractivity contribution in [2.45, 2.75) is 25.5 Å². The number of halogens is 2. The van der Waals surface area contributed by atoms with Gasteiger partial charge in [0.2, 0.25) is 0 Å². The minimum absolute atomic E-state index is 0.120. The molecule has 1 saturated carbocycles. The molecule has 3 rings (SSSR count). The molecule has 0 radical (unpaired) electrons. The van der Waals surface area contributed by atoms with Crippen molar-refractivity contribution in [3.8, 4) is 0 Å². The molecule has 4 nitrogen and oxygen atoms in total. The minimum atomic E-state index is -0.295. The van der Waals surface area contributed by atoms with Crippen LogP contribution in [0.25, 0.3) is 0 Å². The molecule has 0 aromatic heterocycles. The number of carbonyl (C=O) groups is 1. The zero-order chi connectivity index (χ0) is 15.4. The van der Waals surface area contributed by atoms with Crippen molar-refractivity contribution in [3.63, 3.8) is 0 Å². The first-order chi connectivity index (χ1) is 10.0. The zero-order valence-corrected chi connectivity index (χ0v) is 12.3. The second kappa shape index (κ2) is 7.20. The number of rotatable bonds is 2. The molecule has 21 heavy (non-hydrogen) atoms. The molecule has 1 aromatic rings. The van der Waals surface area contributed by atoms with Crippen LogP contribution in [0.15, 0.2) is 18.2 Å². The number of nitrogens with zero attached hydrogens (tertiary/aromatic N) is 1. The summed E-state index contributed by atoms with van der Waals surface area (Å²) >= 11 is 5.79. The Hall–Kier alpha value is -1.17. The quantitative estimate of drug-likeness (QED) is 0.823.